The maximum absolute atomic E-state index is 14.0. The molecule has 0 amide bonds. The summed E-state index contributed by atoms with van der Waals surface area (Å²) in [5.41, 5.74) is 4.08. The summed E-state index contributed by atoms with van der Waals surface area (Å²) in [6, 6.07) is 20.2. The van der Waals surface area contributed by atoms with Crippen LogP contribution >= 0.6 is 23.4 Å². The summed E-state index contributed by atoms with van der Waals surface area (Å²) in [6.45, 7) is 0. The Labute approximate surface area is 188 Å². The average Bonchev–Trinajstić information content (AvgIpc) is 3.24. The fourth-order valence-corrected chi connectivity index (χ4v) is 5.45. The van der Waals surface area contributed by atoms with Crippen molar-refractivity contribution in [2.75, 3.05) is 5.75 Å². The molecule has 0 fully saturated rings. The SMILES string of the molecule is C[n+]1c(-c2ccc(O)cc2)c(-c2ccccc2)c(=O)n2c1SC[C@@H]2c1ccc(Cl)nc1. The lowest BCUT2D eigenvalue weighted by molar-refractivity contribution is -0.704. The largest absolute Gasteiger partial charge is 0.508 e. The lowest BCUT2D eigenvalue weighted by Crippen LogP contribution is -2.43. The normalized spacial score (nSPS) is 15.1. The topological polar surface area (TPSA) is 59.0 Å². The van der Waals surface area contributed by atoms with Crippen LogP contribution in [0.2, 0.25) is 5.15 Å². The van der Waals surface area contributed by atoms with Crippen LogP contribution in [0.4, 0.5) is 0 Å². The summed E-state index contributed by atoms with van der Waals surface area (Å²) in [6.07, 6.45) is 1.74. The minimum absolute atomic E-state index is 0.0488. The summed E-state index contributed by atoms with van der Waals surface area (Å²) >= 11 is 7.62. The minimum Gasteiger partial charge on any atom is -0.508 e. The van der Waals surface area contributed by atoms with Gasteiger partial charge in [0, 0.05) is 17.3 Å². The monoisotopic (exact) mass is 448 g/mol. The van der Waals surface area contributed by atoms with Crippen LogP contribution in [0.3, 0.4) is 0 Å². The number of aromatic nitrogens is 3. The lowest BCUT2D eigenvalue weighted by Gasteiger charge is -2.15. The smallest absolute Gasteiger partial charge is 0.347 e. The predicted octanol–water partition coefficient (Wildman–Crippen LogP) is 4.46. The highest BCUT2D eigenvalue weighted by molar-refractivity contribution is 7.99. The molecule has 1 N–H and O–H groups in total. The van der Waals surface area contributed by atoms with Gasteiger partial charge in [-0.2, -0.15) is 4.57 Å². The van der Waals surface area contributed by atoms with Crippen LogP contribution in [0.15, 0.2) is 82.9 Å². The number of nitrogens with zero attached hydrogens (tertiary/aromatic N) is 3. The van der Waals surface area contributed by atoms with E-state index in [0.717, 1.165) is 33.3 Å². The molecule has 2 aromatic carbocycles. The average molecular weight is 449 g/mol. The number of rotatable bonds is 3. The van der Waals surface area contributed by atoms with Gasteiger partial charge in [0.15, 0.2) is 5.69 Å². The number of aromatic hydroxyl groups is 1. The van der Waals surface area contributed by atoms with Gasteiger partial charge in [-0.25, -0.2) is 14.3 Å². The zero-order valence-electron chi connectivity index (χ0n) is 16.7. The number of thioether (sulfide) groups is 1. The van der Waals surface area contributed by atoms with E-state index in [9.17, 15) is 9.90 Å². The lowest BCUT2D eigenvalue weighted by atomic mass is 9.99. The Morgan fingerprint density at radius 2 is 1.81 bits per heavy atom. The van der Waals surface area contributed by atoms with Gasteiger partial charge in [-0.05, 0) is 47.7 Å². The summed E-state index contributed by atoms with van der Waals surface area (Å²) in [5, 5.41) is 11.1. The van der Waals surface area contributed by atoms with Crippen molar-refractivity contribution in [1.82, 2.24) is 9.55 Å². The molecule has 7 heteroatoms. The Morgan fingerprint density at radius 3 is 2.48 bits per heavy atom. The second-order valence-corrected chi connectivity index (χ2v) is 8.77. The Hall–Kier alpha value is -3.09. The van der Waals surface area contributed by atoms with Crippen molar-refractivity contribution in [2.24, 2.45) is 7.05 Å². The molecule has 0 spiro atoms. The molecule has 2 aromatic heterocycles. The number of phenols is 1. The fourth-order valence-electron chi connectivity index (χ4n) is 4.05. The molecule has 0 saturated carbocycles. The van der Waals surface area contributed by atoms with Gasteiger partial charge in [-0.3, -0.25) is 0 Å². The van der Waals surface area contributed by atoms with Crippen molar-refractivity contribution < 1.29 is 9.67 Å². The second-order valence-electron chi connectivity index (χ2n) is 7.39. The Morgan fingerprint density at radius 1 is 1.06 bits per heavy atom. The Bertz CT molecular complexity index is 1320. The Kier molecular flexibility index (Phi) is 5.04. The molecule has 5 nitrogen and oxygen atoms in total. The minimum atomic E-state index is -0.125. The first-order valence-electron chi connectivity index (χ1n) is 9.82. The van der Waals surface area contributed by atoms with E-state index in [4.69, 9.17) is 11.6 Å². The molecule has 0 radical (unpaired) electrons. The highest BCUT2D eigenvalue weighted by atomic mass is 35.5. The number of fused-ring (bicyclic) bond motifs is 1. The quantitative estimate of drug-likeness (QED) is 0.285. The molecule has 31 heavy (non-hydrogen) atoms. The second kappa shape index (κ2) is 7.87. The standard InChI is InChI=1S/C24H18ClN3O2S/c1-27-22(16-7-10-18(29)11-8-16)21(15-5-3-2-4-6-15)23(30)28-19(14-31-24(27)28)17-9-12-20(25)26-13-17/h2-13,19H,14H2,1H3/p+1/t19-/m1/s1. The van der Waals surface area contributed by atoms with Gasteiger partial charge in [-0.15, -0.1) is 0 Å². The number of halogens is 1. The maximum atomic E-state index is 14.0. The zero-order chi connectivity index (χ0) is 21.5. The molecule has 5 rings (SSSR count). The maximum Gasteiger partial charge on any atom is 0.347 e. The van der Waals surface area contributed by atoms with Crippen LogP contribution in [0, 0.1) is 0 Å². The van der Waals surface area contributed by atoms with Crippen molar-refractivity contribution in [1.29, 1.82) is 0 Å². The molecular formula is C24H19ClN3O2S+. The molecule has 3 heterocycles. The van der Waals surface area contributed by atoms with Crippen molar-refractivity contribution in [2.45, 2.75) is 11.2 Å². The third kappa shape index (κ3) is 3.42. The first-order valence-corrected chi connectivity index (χ1v) is 11.2. The van der Waals surface area contributed by atoms with Crippen molar-refractivity contribution in [3.63, 3.8) is 0 Å². The van der Waals surface area contributed by atoms with Crippen molar-refractivity contribution in [3.05, 3.63) is 94.0 Å². The molecule has 1 atom stereocenters. The highest BCUT2D eigenvalue weighted by Crippen LogP contribution is 2.37. The highest BCUT2D eigenvalue weighted by Gasteiger charge is 2.39. The van der Waals surface area contributed by atoms with Crippen LogP contribution in [0.1, 0.15) is 11.6 Å². The third-order valence-corrected chi connectivity index (χ3v) is 6.95. The first kappa shape index (κ1) is 19.8. The third-order valence-electron chi connectivity index (χ3n) is 5.52. The first-order chi connectivity index (χ1) is 15.0. The molecule has 0 aliphatic carbocycles. The summed E-state index contributed by atoms with van der Waals surface area (Å²) in [7, 11) is 1.98. The molecule has 0 bridgehead atoms. The van der Waals surface area contributed by atoms with Gasteiger partial charge in [-0.1, -0.05) is 48.0 Å². The molecule has 154 valence electrons. The van der Waals surface area contributed by atoms with Gasteiger partial charge in [0.05, 0.1) is 12.8 Å². The van der Waals surface area contributed by atoms with Crippen LogP contribution in [-0.4, -0.2) is 20.4 Å². The van der Waals surface area contributed by atoms with Crippen LogP contribution < -0.4 is 10.1 Å². The van der Waals surface area contributed by atoms with E-state index in [-0.39, 0.29) is 17.4 Å². The number of phenolic OH excluding ortho intramolecular Hbond substituents is 1. The van der Waals surface area contributed by atoms with E-state index in [0.29, 0.717) is 10.7 Å². The van der Waals surface area contributed by atoms with Gasteiger partial charge in [0.2, 0.25) is 0 Å². The molecule has 1 aliphatic heterocycles. The zero-order valence-corrected chi connectivity index (χ0v) is 18.3. The number of benzene rings is 2. The molecule has 0 unspecified atom stereocenters. The van der Waals surface area contributed by atoms with Gasteiger partial charge < -0.3 is 5.11 Å². The van der Waals surface area contributed by atoms with E-state index < -0.39 is 0 Å². The molecular weight excluding hydrogens is 430 g/mol. The van der Waals surface area contributed by atoms with Crippen LogP contribution in [0.5, 0.6) is 5.75 Å². The van der Waals surface area contributed by atoms with E-state index in [2.05, 4.69) is 9.55 Å². The van der Waals surface area contributed by atoms with Gasteiger partial charge >= 0.3 is 10.7 Å². The van der Waals surface area contributed by atoms with E-state index in [1.165, 1.54) is 0 Å². The number of hydrogen-bond acceptors (Lipinski definition) is 4. The Balaban J connectivity index is 1.80. The summed E-state index contributed by atoms with van der Waals surface area (Å²) < 4.78 is 3.94. The molecule has 1 aliphatic rings. The number of hydrogen-bond donors (Lipinski definition) is 1. The predicted molar refractivity (Wildman–Crippen MR) is 123 cm³/mol. The summed E-state index contributed by atoms with van der Waals surface area (Å²) in [4.78, 5) is 18.2. The molecule has 0 saturated heterocycles. The number of pyridine rings is 1. The molecule has 4 aromatic rings. The summed E-state index contributed by atoms with van der Waals surface area (Å²) in [5.74, 6) is 0.926. The van der Waals surface area contributed by atoms with E-state index in [1.54, 1.807) is 36.2 Å². The van der Waals surface area contributed by atoms with Crippen molar-refractivity contribution in [3.8, 4) is 28.1 Å². The van der Waals surface area contributed by atoms with E-state index >= 15 is 0 Å². The van der Waals surface area contributed by atoms with Gasteiger partial charge in [0.25, 0.3) is 0 Å². The van der Waals surface area contributed by atoms with Gasteiger partial charge in [0.1, 0.15) is 22.5 Å². The van der Waals surface area contributed by atoms with E-state index in [1.807, 2.05) is 60.1 Å². The van der Waals surface area contributed by atoms with Crippen LogP contribution in [-0.2, 0) is 7.05 Å². The fraction of sp³-hybridized carbons (Fsp3) is 0.125. The van der Waals surface area contributed by atoms with Crippen LogP contribution in [0.25, 0.3) is 22.4 Å². The van der Waals surface area contributed by atoms with Crippen molar-refractivity contribution >= 4 is 23.4 Å².